The fourth-order valence-corrected chi connectivity index (χ4v) is 4.84. The molecule has 30 heavy (non-hydrogen) atoms. The standard InChI is InChI=1S/C21H28N2O6S/c1-16-8-9-20(29-16)19(23-10-12-28-13-11-23)14-22-30(25,26)15-18(21(24)27-2)17-6-4-3-5-7-17/h3-9,18-19,22H,10-15H2,1-2H3. The number of nitrogens with zero attached hydrogens (tertiary/aromatic N) is 1. The minimum atomic E-state index is -3.77. The summed E-state index contributed by atoms with van der Waals surface area (Å²) >= 11 is 0. The van der Waals surface area contributed by atoms with Gasteiger partial charge in [0.05, 0.1) is 38.0 Å². The molecule has 1 N–H and O–H groups in total. The third-order valence-corrected chi connectivity index (χ3v) is 6.53. The van der Waals surface area contributed by atoms with E-state index in [0.29, 0.717) is 37.6 Å². The molecule has 3 rings (SSSR count). The van der Waals surface area contributed by atoms with E-state index < -0.39 is 27.7 Å². The number of hydrogen-bond donors (Lipinski definition) is 1. The summed E-state index contributed by atoms with van der Waals surface area (Å²) in [6.45, 7) is 4.52. The fourth-order valence-electron chi connectivity index (χ4n) is 3.54. The lowest BCUT2D eigenvalue weighted by Crippen LogP contribution is -2.44. The minimum Gasteiger partial charge on any atom is -0.469 e. The van der Waals surface area contributed by atoms with Crippen molar-refractivity contribution in [1.29, 1.82) is 0 Å². The molecule has 0 radical (unpaired) electrons. The number of carbonyl (C=O) groups excluding carboxylic acids is 1. The maximum Gasteiger partial charge on any atom is 0.314 e. The van der Waals surface area contributed by atoms with Gasteiger partial charge < -0.3 is 13.9 Å². The Morgan fingerprint density at radius 3 is 2.47 bits per heavy atom. The number of ether oxygens (including phenoxy) is 2. The van der Waals surface area contributed by atoms with Crippen LogP contribution in [-0.2, 0) is 24.3 Å². The van der Waals surface area contributed by atoms with Gasteiger partial charge in [-0.1, -0.05) is 30.3 Å². The summed E-state index contributed by atoms with van der Waals surface area (Å²) in [6.07, 6.45) is 0. The summed E-state index contributed by atoms with van der Waals surface area (Å²) in [5, 5.41) is 0. The Balaban J connectivity index is 1.73. The second-order valence-corrected chi connectivity index (χ2v) is 9.08. The molecule has 2 atom stereocenters. The Labute approximate surface area is 177 Å². The molecule has 1 aromatic carbocycles. The lowest BCUT2D eigenvalue weighted by atomic mass is 10.0. The summed E-state index contributed by atoms with van der Waals surface area (Å²) in [4.78, 5) is 14.4. The second-order valence-electron chi connectivity index (χ2n) is 7.23. The molecule has 1 aliphatic rings. The third-order valence-electron chi connectivity index (χ3n) is 5.15. The highest BCUT2D eigenvalue weighted by molar-refractivity contribution is 7.89. The molecule has 9 heteroatoms. The van der Waals surface area contributed by atoms with Crippen LogP contribution < -0.4 is 4.72 Å². The molecule has 8 nitrogen and oxygen atoms in total. The molecule has 0 spiro atoms. The minimum absolute atomic E-state index is 0.137. The monoisotopic (exact) mass is 436 g/mol. The van der Waals surface area contributed by atoms with E-state index in [1.54, 1.807) is 24.3 Å². The van der Waals surface area contributed by atoms with Crippen LogP contribution in [0.4, 0.5) is 0 Å². The number of aryl methyl sites for hydroxylation is 1. The number of morpholine rings is 1. The average Bonchev–Trinajstić information content (AvgIpc) is 3.19. The number of hydrogen-bond acceptors (Lipinski definition) is 7. The van der Waals surface area contributed by atoms with Gasteiger partial charge in [-0.15, -0.1) is 0 Å². The number of carbonyl (C=O) groups is 1. The van der Waals surface area contributed by atoms with Crippen LogP contribution in [0.25, 0.3) is 0 Å². The summed E-state index contributed by atoms with van der Waals surface area (Å²) in [6, 6.07) is 12.2. The Morgan fingerprint density at radius 2 is 1.87 bits per heavy atom. The number of esters is 1. The van der Waals surface area contributed by atoms with E-state index in [0.717, 1.165) is 5.76 Å². The number of methoxy groups -OCH3 is 1. The maximum atomic E-state index is 12.9. The van der Waals surface area contributed by atoms with E-state index in [-0.39, 0.29) is 12.6 Å². The molecule has 0 bridgehead atoms. The first-order valence-electron chi connectivity index (χ1n) is 9.88. The topological polar surface area (TPSA) is 98.1 Å². The van der Waals surface area contributed by atoms with Crippen LogP contribution in [0.5, 0.6) is 0 Å². The van der Waals surface area contributed by atoms with Crippen LogP contribution in [0.3, 0.4) is 0 Å². The molecule has 0 saturated carbocycles. The number of sulfonamides is 1. The van der Waals surface area contributed by atoms with Crippen molar-refractivity contribution in [3.8, 4) is 0 Å². The summed E-state index contributed by atoms with van der Waals surface area (Å²) < 4.78 is 44.4. The van der Waals surface area contributed by atoms with Crippen LogP contribution in [0, 0.1) is 6.92 Å². The van der Waals surface area contributed by atoms with Gasteiger partial charge in [0.1, 0.15) is 11.5 Å². The number of benzene rings is 1. The molecular weight excluding hydrogens is 408 g/mol. The van der Waals surface area contributed by atoms with Crippen LogP contribution in [0.1, 0.15) is 29.0 Å². The molecule has 1 saturated heterocycles. The number of rotatable bonds is 9. The largest absolute Gasteiger partial charge is 0.469 e. The van der Waals surface area contributed by atoms with Gasteiger partial charge in [0, 0.05) is 19.6 Å². The first kappa shape index (κ1) is 22.5. The first-order chi connectivity index (χ1) is 14.4. The second kappa shape index (κ2) is 10.2. The van der Waals surface area contributed by atoms with E-state index >= 15 is 0 Å². The smallest absolute Gasteiger partial charge is 0.314 e. The van der Waals surface area contributed by atoms with Crippen LogP contribution in [-0.4, -0.2) is 65.0 Å². The predicted molar refractivity (Wildman–Crippen MR) is 112 cm³/mol. The van der Waals surface area contributed by atoms with Crippen LogP contribution in [0.2, 0.25) is 0 Å². The van der Waals surface area contributed by atoms with Crippen molar-refractivity contribution < 1.29 is 27.1 Å². The van der Waals surface area contributed by atoms with E-state index in [1.165, 1.54) is 7.11 Å². The summed E-state index contributed by atoms with van der Waals surface area (Å²) in [5.41, 5.74) is 0.598. The maximum absolute atomic E-state index is 12.9. The van der Waals surface area contributed by atoms with E-state index in [1.807, 2.05) is 25.1 Å². The Kier molecular flexibility index (Phi) is 7.65. The predicted octanol–water partition coefficient (Wildman–Crippen LogP) is 1.84. The zero-order valence-electron chi connectivity index (χ0n) is 17.2. The molecule has 2 aromatic rings. The summed E-state index contributed by atoms with van der Waals surface area (Å²) in [7, 11) is -2.51. The van der Waals surface area contributed by atoms with Crippen molar-refractivity contribution in [3.63, 3.8) is 0 Å². The van der Waals surface area contributed by atoms with Crippen molar-refractivity contribution in [2.24, 2.45) is 0 Å². The molecule has 1 aliphatic heterocycles. The number of furan rings is 1. The van der Waals surface area contributed by atoms with Gasteiger partial charge in [0.25, 0.3) is 0 Å². The van der Waals surface area contributed by atoms with Crippen molar-refractivity contribution in [2.75, 3.05) is 45.7 Å². The molecule has 1 aromatic heterocycles. The molecule has 2 heterocycles. The lowest BCUT2D eigenvalue weighted by Gasteiger charge is -2.33. The van der Waals surface area contributed by atoms with Crippen molar-refractivity contribution in [3.05, 3.63) is 59.5 Å². The van der Waals surface area contributed by atoms with Gasteiger partial charge in [0.2, 0.25) is 10.0 Å². The van der Waals surface area contributed by atoms with Gasteiger partial charge in [0.15, 0.2) is 0 Å². The van der Waals surface area contributed by atoms with Crippen LogP contribution in [0.15, 0.2) is 46.9 Å². The molecule has 164 valence electrons. The van der Waals surface area contributed by atoms with Gasteiger partial charge in [-0.3, -0.25) is 9.69 Å². The van der Waals surface area contributed by atoms with E-state index in [9.17, 15) is 13.2 Å². The number of nitrogens with one attached hydrogen (secondary N) is 1. The molecule has 1 fully saturated rings. The SMILES string of the molecule is COC(=O)C(CS(=O)(=O)NCC(c1ccc(C)o1)N1CCOCC1)c1ccccc1. The fraction of sp³-hybridized carbons (Fsp3) is 0.476. The Morgan fingerprint density at radius 1 is 1.17 bits per heavy atom. The van der Waals surface area contributed by atoms with Gasteiger partial charge >= 0.3 is 5.97 Å². The Bertz CT molecular complexity index is 922. The average molecular weight is 437 g/mol. The normalized spacial score (nSPS) is 17.4. The zero-order valence-corrected chi connectivity index (χ0v) is 18.1. The zero-order chi connectivity index (χ0) is 21.6. The summed E-state index contributed by atoms with van der Waals surface area (Å²) in [5.74, 6) is -0.415. The lowest BCUT2D eigenvalue weighted by molar-refractivity contribution is -0.141. The van der Waals surface area contributed by atoms with Crippen LogP contribution >= 0.6 is 0 Å². The van der Waals surface area contributed by atoms with E-state index in [2.05, 4.69) is 9.62 Å². The highest BCUT2D eigenvalue weighted by Gasteiger charge is 2.30. The van der Waals surface area contributed by atoms with Crippen molar-refractivity contribution in [2.45, 2.75) is 18.9 Å². The quantitative estimate of drug-likeness (QED) is 0.599. The first-order valence-corrected chi connectivity index (χ1v) is 11.5. The highest BCUT2D eigenvalue weighted by atomic mass is 32.2. The molecule has 2 unspecified atom stereocenters. The van der Waals surface area contributed by atoms with Gasteiger partial charge in [-0.05, 0) is 24.6 Å². The Hall–Kier alpha value is -2.20. The van der Waals surface area contributed by atoms with Crippen molar-refractivity contribution >= 4 is 16.0 Å². The van der Waals surface area contributed by atoms with Crippen molar-refractivity contribution in [1.82, 2.24) is 9.62 Å². The molecular formula is C21H28N2O6S. The molecule has 0 amide bonds. The van der Waals surface area contributed by atoms with E-state index in [4.69, 9.17) is 13.9 Å². The van der Waals surface area contributed by atoms with Gasteiger partial charge in [-0.2, -0.15) is 0 Å². The third kappa shape index (κ3) is 5.91. The highest BCUT2D eigenvalue weighted by Crippen LogP contribution is 2.24. The molecule has 0 aliphatic carbocycles. The van der Waals surface area contributed by atoms with Gasteiger partial charge in [-0.25, -0.2) is 13.1 Å².